The Hall–Kier alpha value is -0.980. The summed E-state index contributed by atoms with van der Waals surface area (Å²) in [6, 6.07) is 0. The minimum absolute atomic E-state index is 0.669. The Bertz CT molecular complexity index is 187. The van der Waals surface area contributed by atoms with Gasteiger partial charge in [-0.1, -0.05) is 0 Å². The van der Waals surface area contributed by atoms with Crippen molar-refractivity contribution in [2.24, 2.45) is 10.7 Å². The van der Waals surface area contributed by atoms with E-state index in [4.69, 9.17) is 10.9 Å². The van der Waals surface area contributed by atoms with Crippen LogP contribution < -0.4 is 11.2 Å². The summed E-state index contributed by atoms with van der Waals surface area (Å²) in [7, 11) is 0. The number of aliphatic imine (C=N–C) groups is 1. The Morgan fingerprint density at radius 1 is 1.42 bits per heavy atom. The molecule has 0 unspecified atom stereocenters. The predicted molar refractivity (Wildman–Crippen MR) is 36.7 cm³/mol. The molecule has 0 fully saturated rings. The van der Waals surface area contributed by atoms with Gasteiger partial charge < -0.3 is 5.73 Å². The summed E-state index contributed by atoms with van der Waals surface area (Å²) >= 11 is 0. The van der Waals surface area contributed by atoms with E-state index < -0.39 is 17.7 Å². The summed E-state index contributed by atoms with van der Waals surface area (Å²) in [5.41, 5.74) is 3.87. The van der Waals surface area contributed by atoms with Crippen LogP contribution in [0, 0.1) is 0 Å². The number of halogens is 3. The van der Waals surface area contributed by atoms with E-state index in [1.165, 1.54) is 5.48 Å². The van der Waals surface area contributed by atoms with E-state index in [1.807, 2.05) is 0 Å². The van der Waals surface area contributed by atoms with Gasteiger partial charge in [-0.2, -0.15) is 13.2 Å². The smallest absolute Gasteiger partial charge is 0.368 e. The van der Waals surface area contributed by atoms with Gasteiger partial charge in [-0.15, -0.1) is 0 Å². The van der Waals surface area contributed by atoms with Crippen LogP contribution in [0.2, 0.25) is 0 Å². The Labute approximate surface area is 67.2 Å². The number of alkyl halides is 3. The molecule has 0 saturated heterocycles. The van der Waals surface area contributed by atoms with Gasteiger partial charge >= 0.3 is 6.18 Å². The molecule has 12 heavy (non-hydrogen) atoms. The number of guanidine groups is 1. The second kappa shape index (κ2) is 3.18. The van der Waals surface area contributed by atoms with Gasteiger partial charge in [0.1, 0.15) is 0 Å². The monoisotopic (exact) mass is 185 g/mol. The number of nitrogens with zero attached hydrogens (tertiary/aromatic N) is 1. The molecule has 0 radical (unpaired) electrons. The lowest BCUT2D eigenvalue weighted by Crippen LogP contribution is -2.41. The lowest BCUT2D eigenvalue weighted by molar-refractivity contribution is -0.174. The fourth-order valence-corrected chi connectivity index (χ4v) is 0.390. The van der Waals surface area contributed by atoms with Crippen molar-refractivity contribution in [3.05, 3.63) is 0 Å². The van der Waals surface area contributed by atoms with Crippen LogP contribution in [0.4, 0.5) is 13.2 Å². The van der Waals surface area contributed by atoms with Crippen LogP contribution in [-0.2, 0) is 0 Å². The minimum Gasteiger partial charge on any atom is -0.368 e. The van der Waals surface area contributed by atoms with Crippen molar-refractivity contribution in [3.8, 4) is 0 Å². The maximum Gasteiger partial charge on any atom is 0.413 e. The van der Waals surface area contributed by atoms with Crippen molar-refractivity contribution in [1.29, 1.82) is 0 Å². The highest BCUT2D eigenvalue weighted by atomic mass is 19.4. The normalized spacial score (nSPS) is 14.7. The molecule has 0 spiro atoms. The molecule has 0 aromatic rings. The zero-order chi connectivity index (χ0) is 9.99. The van der Waals surface area contributed by atoms with E-state index in [0.717, 1.165) is 13.8 Å². The summed E-state index contributed by atoms with van der Waals surface area (Å²) in [5, 5.41) is 8.09. The summed E-state index contributed by atoms with van der Waals surface area (Å²) < 4.78 is 36.2. The molecule has 0 saturated carbocycles. The van der Waals surface area contributed by atoms with Crippen molar-refractivity contribution < 1.29 is 18.4 Å². The number of rotatable bonds is 1. The molecule has 0 bridgehead atoms. The van der Waals surface area contributed by atoms with Gasteiger partial charge in [0.2, 0.25) is 5.96 Å². The number of hydroxylamine groups is 1. The highest BCUT2D eigenvalue weighted by molar-refractivity contribution is 5.77. The number of hydrogen-bond donors (Lipinski definition) is 3. The number of nitrogens with one attached hydrogen (secondary N) is 1. The first-order valence-electron chi connectivity index (χ1n) is 3.03. The Kier molecular flexibility index (Phi) is 2.92. The third-order valence-corrected chi connectivity index (χ3v) is 1.21. The highest BCUT2D eigenvalue weighted by Crippen LogP contribution is 2.32. The Morgan fingerprint density at radius 2 is 1.83 bits per heavy atom. The maximum atomic E-state index is 12.1. The molecule has 7 heteroatoms. The topological polar surface area (TPSA) is 70.6 Å². The van der Waals surface area contributed by atoms with Crippen LogP contribution in [0.1, 0.15) is 13.8 Å². The summed E-state index contributed by atoms with van der Waals surface area (Å²) in [6.07, 6.45) is -4.49. The van der Waals surface area contributed by atoms with Gasteiger partial charge in [-0.05, 0) is 13.8 Å². The molecular formula is C5H10F3N3O. The van der Waals surface area contributed by atoms with Gasteiger partial charge in [0.25, 0.3) is 0 Å². The molecule has 0 aromatic heterocycles. The molecule has 4 N–H and O–H groups in total. The standard InChI is InChI=1S/C5H10F3N3O/c1-4(2,5(6,7)8)10-3(9)11-12/h12H,1-2H3,(H3,9,10,11). The molecule has 0 rings (SSSR count). The van der Waals surface area contributed by atoms with Gasteiger partial charge in [0, 0.05) is 0 Å². The summed E-state index contributed by atoms with van der Waals surface area (Å²) in [6.45, 7) is 1.69. The molecule has 4 nitrogen and oxygen atoms in total. The van der Waals surface area contributed by atoms with E-state index in [9.17, 15) is 13.2 Å². The largest absolute Gasteiger partial charge is 0.413 e. The van der Waals surface area contributed by atoms with Gasteiger partial charge in [0.15, 0.2) is 5.54 Å². The zero-order valence-electron chi connectivity index (χ0n) is 6.61. The lowest BCUT2D eigenvalue weighted by atomic mass is 10.1. The van der Waals surface area contributed by atoms with Crippen molar-refractivity contribution in [1.82, 2.24) is 5.48 Å². The van der Waals surface area contributed by atoms with E-state index in [-0.39, 0.29) is 0 Å². The summed E-state index contributed by atoms with van der Waals surface area (Å²) in [4.78, 5) is 3.01. The van der Waals surface area contributed by atoms with Crippen molar-refractivity contribution in [3.63, 3.8) is 0 Å². The van der Waals surface area contributed by atoms with E-state index in [1.54, 1.807) is 0 Å². The fourth-order valence-electron chi connectivity index (χ4n) is 0.390. The Morgan fingerprint density at radius 3 is 2.08 bits per heavy atom. The molecule has 0 aliphatic heterocycles. The molecule has 0 amide bonds. The quantitative estimate of drug-likeness (QED) is 0.318. The SMILES string of the molecule is CC(C)(N=C(N)NO)C(F)(F)F. The first-order valence-corrected chi connectivity index (χ1v) is 3.03. The Balaban J connectivity index is 4.64. The van der Waals surface area contributed by atoms with Crippen LogP contribution >= 0.6 is 0 Å². The molecule has 0 aliphatic rings. The third kappa shape index (κ3) is 2.57. The van der Waals surface area contributed by atoms with Crippen molar-refractivity contribution in [2.75, 3.05) is 0 Å². The molecule has 72 valence electrons. The second-order valence-electron chi connectivity index (χ2n) is 2.67. The molecule has 0 atom stereocenters. The lowest BCUT2D eigenvalue weighted by Gasteiger charge is -2.23. The van der Waals surface area contributed by atoms with Crippen LogP contribution in [-0.4, -0.2) is 22.9 Å². The molecule has 0 heterocycles. The average molecular weight is 185 g/mol. The van der Waals surface area contributed by atoms with Gasteiger partial charge in [-0.3, -0.25) is 5.21 Å². The average Bonchev–Trinajstić information content (AvgIpc) is 1.84. The van der Waals surface area contributed by atoms with Gasteiger partial charge in [-0.25, -0.2) is 10.5 Å². The molecule has 0 aromatic carbocycles. The molecular weight excluding hydrogens is 175 g/mol. The van der Waals surface area contributed by atoms with Crippen molar-refractivity contribution >= 4 is 5.96 Å². The predicted octanol–water partition coefficient (Wildman–Crippen LogP) is 0.621. The zero-order valence-corrected chi connectivity index (χ0v) is 6.61. The van der Waals surface area contributed by atoms with Crippen LogP contribution in [0.5, 0.6) is 0 Å². The summed E-state index contributed by atoms with van der Waals surface area (Å²) in [5.74, 6) is -0.669. The first-order chi connectivity index (χ1) is 5.20. The minimum atomic E-state index is -4.49. The fraction of sp³-hybridized carbons (Fsp3) is 0.800. The first kappa shape index (κ1) is 11.0. The van der Waals surface area contributed by atoms with Crippen LogP contribution in [0.15, 0.2) is 4.99 Å². The highest BCUT2D eigenvalue weighted by Gasteiger charge is 2.47. The second-order valence-corrected chi connectivity index (χ2v) is 2.67. The number of hydrogen-bond acceptors (Lipinski definition) is 2. The molecule has 0 aliphatic carbocycles. The van der Waals surface area contributed by atoms with E-state index >= 15 is 0 Å². The number of nitrogens with two attached hydrogens (primary N) is 1. The van der Waals surface area contributed by atoms with Gasteiger partial charge in [0.05, 0.1) is 0 Å². The van der Waals surface area contributed by atoms with E-state index in [0.29, 0.717) is 0 Å². The van der Waals surface area contributed by atoms with Crippen molar-refractivity contribution in [2.45, 2.75) is 25.6 Å². The van der Waals surface area contributed by atoms with Crippen LogP contribution in [0.25, 0.3) is 0 Å². The van der Waals surface area contributed by atoms with Crippen LogP contribution in [0.3, 0.4) is 0 Å². The maximum absolute atomic E-state index is 12.1. The van der Waals surface area contributed by atoms with E-state index in [2.05, 4.69) is 4.99 Å². The third-order valence-electron chi connectivity index (χ3n) is 1.21.